The van der Waals surface area contributed by atoms with Crippen LogP contribution in [0.4, 0.5) is 24.9 Å². The first-order valence-corrected chi connectivity index (χ1v) is 10.8. The van der Waals surface area contributed by atoms with Crippen LogP contribution >= 0.6 is 0 Å². The molecular weight excluding hydrogens is 419 g/mol. The Kier molecular flexibility index (Phi) is 7.26. The molecule has 1 amide bonds. The minimum atomic E-state index is -4.40. The van der Waals surface area contributed by atoms with Crippen molar-refractivity contribution in [1.82, 2.24) is 15.3 Å². The SMILES string of the molecule is Cc1cnc(NC2CCC(C(=O)NC(C)c3cccc(C(F)(F)F)c3)CC2)nc1N(C)C. The molecule has 2 N–H and O–H groups in total. The van der Waals surface area contributed by atoms with Gasteiger partial charge in [0, 0.05) is 37.8 Å². The van der Waals surface area contributed by atoms with E-state index in [1.165, 1.54) is 6.07 Å². The Morgan fingerprint density at radius 3 is 2.50 bits per heavy atom. The molecule has 1 atom stereocenters. The van der Waals surface area contributed by atoms with Gasteiger partial charge >= 0.3 is 6.18 Å². The van der Waals surface area contributed by atoms with Crippen LogP contribution in [0.15, 0.2) is 30.5 Å². The first-order valence-electron chi connectivity index (χ1n) is 10.8. The lowest BCUT2D eigenvalue weighted by Crippen LogP contribution is -2.37. The first kappa shape index (κ1) is 23.8. The smallest absolute Gasteiger partial charge is 0.362 e. The number of nitrogens with zero attached hydrogens (tertiary/aromatic N) is 3. The lowest BCUT2D eigenvalue weighted by atomic mass is 9.85. The highest BCUT2D eigenvalue weighted by molar-refractivity contribution is 5.79. The van der Waals surface area contributed by atoms with Gasteiger partial charge < -0.3 is 15.5 Å². The first-order chi connectivity index (χ1) is 15.0. The van der Waals surface area contributed by atoms with Crippen LogP contribution in [-0.4, -0.2) is 36.0 Å². The number of nitrogens with one attached hydrogen (secondary N) is 2. The zero-order valence-electron chi connectivity index (χ0n) is 18.8. The molecule has 174 valence electrons. The van der Waals surface area contributed by atoms with Crippen molar-refractivity contribution in [2.45, 2.75) is 57.8 Å². The van der Waals surface area contributed by atoms with Crippen LogP contribution in [0.25, 0.3) is 0 Å². The minimum Gasteiger partial charge on any atom is -0.362 e. The molecule has 1 aliphatic rings. The molecule has 0 saturated heterocycles. The number of aryl methyl sites for hydroxylation is 1. The third-order valence-electron chi connectivity index (χ3n) is 5.87. The number of aromatic nitrogens is 2. The van der Waals surface area contributed by atoms with E-state index in [9.17, 15) is 18.0 Å². The standard InChI is InChI=1S/C23H30F3N5O/c1-14-13-27-22(30-20(14)31(3)4)29-19-10-8-16(9-11-19)21(32)28-15(2)17-6-5-7-18(12-17)23(24,25)26/h5-7,12-13,15-16,19H,8-11H2,1-4H3,(H,28,32)(H,27,29,30). The van der Waals surface area contributed by atoms with Crippen molar-refractivity contribution in [3.63, 3.8) is 0 Å². The molecule has 1 saturated carbocycles. The predicted octanol–water partition coefficient (Wildman–Crippen LogP) is 4.72. The number of rotatable bonds is 6. The molecule has 2 aromatic rings. The normalized spacial score (nSPS) is 19.8. The fourth-order valence-corrected chi connectivity index (χ4v) is 4.04. The van der Waals surface area contributed by atoms with Crippen molar-refractivity contribution in [1.29, 1.82) is 0 Å². The average Bonchev–Trinajstić information content (AvgIpc) is 2.75. The summed E-state index contributed by atoms with van der Waals surface area (Å²) in [5.74, 6) is 1.16. The number of hydrogen-bond acceptors (Lipinski definition) is 5. The minimum absolute atomic E-state index is 0.116. The summed E-state index contributed by atoms with van der Waals surface area (Å²) in [4.78, 5) is 23.6. The molecule has 1 heterocycles. The Hall–Kier alpha value is -2.84. The zero-order chi connectivity index (χ0) is 23.5. The second-order valence-corrected chi connectivity index (χ2v) is 8.64. The third-order valence-corrected chi connectivity index (χ3v) is 5.87. The van der Waals surface area contributed by atoms with Gasteiger partial charge in [0.25, 0.3) is 0 Å². The van der Waals surface area contributed by atoms with E-state index in [0.717, 1.165) is 36.4 Å². The maximum absolute atomic E-state index is 13.0. The van der Waals surface area contributed by atoms with Crippen molar-refractivity contribution >= 4 is 17.7 Å². The molecule has 1 aromatic heterocycles. The summed E-state index contributed by atoms with van der Waals surface area (Å²) < 4.78 is 38.9. The molecule has 0 spiro atoms. The summed E-state index contributed by atoms with van der Waals surface area (Å²) in [6, 6.07) is 4.78. The van der Waals surface area contributed by atoms with Crippen LogP contribution in [0.1, 0.15) is 55.3 Å². The van der Waals surface area contributed by atoms with Gasteiger partial charge in [0.15, 0.2) is 0 Å². The summed E-state index contributed by atoms with van der Waals surface area (Å²) >= 11 is 0. The fraction of sp³-hybridized carbons (Fsp3) is 0.522. The van der Waals surface area contributed by atoms with Crippen molar-refractivity contribution in [2.75, 3.05) is 24.3 Å². The number of anilines is 2. The van der Waals surface area contributed by atoms with Crippen molar-refractivity contribution in [3.05, 3.63) is 47.2 Å². The van der Waals surface area contributed by atoms with E-state index in [2.05, 4.69) is 20.6 Å². The zero-order valence-corrected chi connectivity index (χ0v) is 18.8. The second kappa shape index (κ2) is 9.75. The Morgan fingerprint density at radius 1 is 1.19 bits per heavy atom. The topological polar surface area (TPSA) is 70.1 Å². The van der Waals surface area contributed by atoms with Crippen LogP contribution in [0.5, 0.6) is 0 Å². The van der Waals surface area contributed by atoms with E-state index in [4.69, 9.17) is 0 Å². The van der Waals surface area contributed by atoms with E-state index in [-0.39, 0.29) is 17.9 Å². The van der Waals surface area contributed by atoms with Gasteiger partial charge in [-0.1, -0.05) is 12.1 Å². The van der Waals surface area contributed by atoms with Crippen molar-refractivity contribution in [3.8, 4) is 0 Å². The van der Waals surface area contributed by atoms with Crippen molar-refractivity contribution < 1.29 is 18.0 Å². The lowest BCUT2D eigenvalue weighted by molar-refractivity contribution is -0.137. The van der Waals surface area contributed by atoms with Crippen LogP contribution in [0, 0.1) is 12.8 Å². The molecule has 3 rings (SSSR count). The van der Waals surface area contributed by atoms with E-state index < -0.39 is 17.8 Å². The van der Waals surface area contributed by atoms with E-state index in [1.54, 1.807) is 19.2 Å². The summed E-state index contributed by atoms with van der Waals surface area (Å²) in [7, 11) is 3.87. The number of carbonyl (C=O) groups excluding carboxylic acids is 1. The molecule has 0 bridgehead atoms. The van der Waals surface area contributed by atoms with E-state index in [0.29, 0.717) is 24.4 Å². The highest BCUT2D eigenvalue weighted by Crippen LogP contribution is 2.31. The maximum Gasteiger partial charge on any atom is 0.416 e. The monoisotopic (exact) mass is 449 g/mol. The lowest BCUT2D eigenvalue weighted by Gasteiger charge is -2.29. The average molecular weight is 450 g/mol. The van der Waals surface area contributed by atoms with E-state index >= 15 is 0 Å². The Labute approximate surface area is 186 Å². The van der Waals surface area contributed by atoms with Gasteiger partial charge in [0.1, 0.15) is 5.82 Å². The van der Waals surface area contributed by atoms with Gasteiger partial charge in [-0.25, -0.2) is 4.98 Å². The van der Waals surface area contributed by atoms with Gasteiger partial charge in [-0.15, -0.1) is 0 Å². The number of alkyl halides is 3. The van der Waals surface area contributed by atoms with Crippen LogP contribution in [0.3, 0.4) is 0 Å². The number of halogens is 3. The Balaban J connectivity index is 1.53. The maximum atomic E-state index is 13.0. The summed E-state index contributed by atoms with van der Waals surface area (Å²) in [6.07, 6.45) is 0.379. The summed E-state index contributed by atoms with van der Waals surface area (Å²) in [6.45, 7) is 3.67. The Bertz CT molecular complexity index is 939. The van der Waals surface area contributed by atoms with Gasteiger partial charge in [-0.3, -0.25) is 4.79 Å². The molecule has 32 heavy (non-hydrogen) atoms. The van der Waals surface area contributed by atoms with Crippen molar-refractivity contribution in [2.24, 2.45) is 5.92 Å². The largest absolute Gasteiger partial charge is 0.416 e. The number of hydrogen-bond donors (Lipinski definition) is 2. The summed E-state index contributed by atoms with van der Waals surface area (Å²) in [5, 5.41) is 6.24. The highest BCUT2D eigenvalue weighted by atomic mass is 19.4. The van der Waals surface area contributed by atoms with E-state index in [1.807, 2.05) is 25.9 Å². The molecule has 0 aliphatic heterocycles. The molecule has 1 aliphatic carbocycles. The fourth-order valence-electron chi connectivity index (χ4n) is 4.04. The van der Waals surface area contributed by atoms with Gasteiger partial charge in [0.05, 0.1) is 11.6 Å². The molecule has 9 heteroatoms. The number of amides is 1. The quantitative estimate of drug-likeness (QED) is 0.668. The predicted molar refractivity (Wildman–Crippen MR) is 118 cm³/mol. The van der Waals surface area contributed by atoms with Crippen LogP contribution < -0.4 is 15.5 Å². The molecular formula is C23H30F3N5O. The van der Waals surface area contributed by atoms with Crippen LogP contribution in [-0.2, 0) is 11.0 Å². The van der Waals surface area contributed by atoms with Gasteiger partial charge in [-0.2, -0.15) is 18.2 Å². The van der Waals surface area contributed by atoms with Crippen LogP contribution in [0.2, 0.25) is 0 Å². The molecule has 1 unspecified atom stereocenters. The third kappa shape index (κ3) is 5.89. The Morgan fingerprint density at radius 2 is 1.88 bits per heavy atom. The molecule has 1 aromatic carbocycles. The highest BCUT2D eigenvalue weighted by Gasteiger charge is 2.31. The second-order valence-electron chi connectivity index (χ2n) is 8.64. The summed E-state index contributed by atoms with van der Waals surface area (Å²) in [5.41, 5.74) is 0.728. The molecule has 0 radical (unpaired) electrons. The number of carbonyl (C=O) groups is 1. The van der Waals surface area contributed by atoms with Gasteiger partial charge in [0.2, 0.25) is 11.9 Å². The molecule has 1 fully saturated rings. The molecule has 6 nitrogen and oxygen atoms in total. The van der Waals surface area contributed by atoms with Gasteiger partial charge in [-0.05, 0) is 57.2 Å². The number of benzene rings is 1.